The van der Waals surface area contributed by atoms with Crippen LogP contribution in [0.3, 0.4) is 0 Å². The van der Waals surface area contributed by atoms with E-state index in [2.05, 4.69) is 22.1 Å². The first kappa shape index (κ1) is 19.1. The first-order valence-corrected chi connectivity index (χ1v) is 10.2. The second-order valence-electron chi connectivity index (χ2n) is 8.35. The van der Waals surface area contributed by atoms with Crippen molar-refractivity contribution in [2.75, 3.05) is 37.1 Å². The van der Waals surface area contributed by atoms with Gasteiger partial charge in [0.1, 0.15) is 17.9 Å². The molecule has 9 heteroatoms. The van der Waals surface area contributed by atoms with E-state index >= 15 is 0 Å². The van der Waals surface area contributed by atoms with Gasteiger partial charge in [-0.25, -0.2) is 14.5 Å². The second-order valence-corrected chi connectivity index (χ2v) is 8.35. The lowest BCUT2D eigenvalue weighted by molar-refractivity contribution is 0.0424. The van der Waals surface area contributed by atoms with E-state index in [-0.39, 0.29) is 12.1 Å². The number of ether oxygens (including phenoxy) is 2. The summed E-state index contributed by atoms with van der Waals surface area (Å²) in [7, 11) is 1.82. The molecule has 0 bridgehead atoms. The van der Waals surface area contributed by atoms with Gasteiger partial charge in [-0.2, -0.15) is 4.98 Å². The molecule has 2 N–H and O–H groups in total. The Hall–Kier alpha value is -2.91. The number of morpholine rings is 1. The summed E-state index contributed by atoms with van der Waals surface area (Å²) in [5.41, 5.74) is 0.966. The minimum absolute atomic E-state index is 0.0713. The predicted molar refractivity (Wildman–Crippen MR) is 113 cm³/mol. The third kappa shape index (κ3) is 2.88. The average Bonchev–Trinajstić information content (AvgIpc) is 3.10. The highest BCUT2D eigenvalue weighted by molar-refractivity contribution is 5.80. The minimum atomic E-state index is -1.21. The van der Waals surface area contributed by atoms with Crippen LogP contribution in [0, 0.1) is 0 Å². The first-order valence-electron chi connectivity index (χ1n) is 10.2. The SMILES string of the molecule is CNc1nc2ccccc2n1-c1nc2c(c(C(C)(C)O)n1)OC[C@@H]1COC[C@@H](C)N21. The van der Waals surface area contributed by atoms with Crippen molar-refractivity contribution in [2.45, 2.75) is 38.5 Å². The molecular formula is C21H26N6O3. The summed E-state index contributed by atoms with van der Waals surface area (Å²) in [4.78, 5) is 16.6. The van der Waals surface area contributed by atoms with Crippen LogP contribution < -0.4 is 15.0 Å². The number of imidazole rings is 1. The van der Waals surface area contributed by atoms with Crippen LogP contribution in [0.5, 0.6) is 5.75 Å². The van der Waals surface area contributed by atoms with Crippen LogP contribution >= 0.6 is 0 Å². The standard InChI is InChI=1S/C21H26N6O3/c1-12-9-29-10-13-11-30-16-17(21(2,3)28)24-20(25-18(16)26(12)13)27-15-8-6-5-7-14(15)23-19(27)22-4/h5-8,12-13,28H,9-11H2,1-4H3,(H,22,23)/t12-,13+/m1/s1. The Bertz CT molecular complexity index is 1110. The summed E-state index contributed by atoms with van der Waals surface area (Å²) in [5.74, 6) is 2.28. The average molecular weight is 410 g/mol. The molecule has 1 aromatic carbocycles. The van der Waals surface area contributed by atoms with Crippen molar-refractivity contribution < 1.29 is 14.6 Å². The zero-order valence-electron chi connectivity index (χ0n) is 17.6. The van der Waals surface area contributed by atoms with Gasteiger partial charge < -0.3 is 24.8 Å². The van der Waals surface area contributed by atoms with Gasteiger partial charge in [0.2, 0.25) is 11.9 Å². The third-order valence-corrected chi connectivity index (χ3v) is 5.60. The van der Waals surface area contributed by atoms with Crippen LogP contribution in [0.1, 0.15) is 26.5 Å². The number of rotatable bonds is 3. The van der Waals surface area contributed by atoms with Gasteiger partial charge in [0.15, 0.2) is 11.6 Å². The summed E-state index contributed by atoms with van der Waals surface area (Å²) in [6.45, 7) is 7.20. The third-order valence-electron chi connectivity index (χ3n) is 5.60. The highest BCUT2D eigenvalue weighted by Gasteiger charge is 2.40. The maximum absolute atomic E-state index is 10.9. The summed E-state index contributed by atoms with van der Waals surface area (Å²) in [6, 6.07) is 8.04. The molecule has 30 heavy (non-hydrogen) atoms. The summed E-state index contributed by atoms with van der Waals surface area (Å²) in [5, 5.41) is 14.0. The maximum atomic E-state index is 10.9. The Balaban J connectivity index is 1.79. The number of aliphatic hydroxyl groups is 1. The number of fused-ring (bicyclic) bond motifs is 4. The van der Waals surface area contributed by atoms with E-state index < -0.39 is 5.60 Å². The van der Waals surface area contributed by atoms with Crippen molar-refractivity contribution in [3.8, 4) is 11.7 Å². The van der Waals surface area contributed by atoms with E-state index in [0.29, 0.717) is 49.0 Å². The highest BCUT2D eigenvalue weighted by atomic mass is 16.5. The minimum Gasteiger partial charge on any atom is -0.485 e. The van der Waals surface area contributed by atoms with Crippen LogP contribution in [0.25, 0.3) is 17.0 Å². The number of aromatic nitrogens is 4. The van der Waals surface area contributed by atoms with E-state index in [1.807, 2.05) is 35.9 Å². The number of para-hydroxylation sites is 2. The van der Waals surface area contributed by atoms with E-state index in [9.17, 15) is 5.11 Å². The maximum Gasteiger partial charge on any atom is 0.239 e. The normalized spacial score (nSPS) is 21.2. The molecule has 0 aliphatic carbocycles. The fourth-order valence-corrected chi connectivity index (χ4v) is 4.23. The predicted octanol–water partition coefficient (Wildman–Crippen LogP) is 2.07. The largest absolute Gasteiger partial charge is 0.485 e. The molecule has 1 saturated heterocycles. The molecule has 9 nitrogen and oxygen atoms in total. The van der Waals surface area contributed by atoms with Gasteiger partial charge in [-0.3, -0.25) is 0 Å². The highest BCUT2D eigenvalue weighted by Crippen LogP contribution is 2.42. The van der Waals surface area contributed by atoms with Gasteiger partial charge >= 0.3 is 0 Å². The zero-order chi connectivity index (χ0) is 21.0. The molecule has 0 saturated carbocycles. The van der Waals surface area contributed by atoms with Crippen molar-refractivity contribution >= 4 is 22.8 Å². The number of hydrogen-bond donors (Lipinski definition) is 2. The Morgan fingerprint density at radius 2 is 1.93 bits per heavy atom. The van der Waals surface area contributed by atoms with Crippen LogP contribution in [0.15, 0.2) is 24.3 Å². The molecule has 2 aromatic heterocycles. The number of nitrogens with zero attached hydrogens (tertiary/aromatic N) is 5. The van der Waals surface area contributed by atoms with Gasteiger partial charge in [0.05, 0.1) is 36.3 Å². The van der Waals surface area contributed by atoms with Crippen molar-refractivity contribution in [3.05, 3.63) is 30.0 Å². The smallest absolute Gasteiger partial charge is 0.239 e. The van der Waals surface area contributed by atoms with Gasteiger partial charge in [-0.05, 0) is 32.9 Å². The lowest BCUT2D eigenvalue weighted by Crippen LogP contribution is -2.56. The molecule has 0 amide bonds. The number of hydrogen-bond acceptors (Lipinski definition) is 8. The van der Waals surface area contributed by atoms with Gasteiger partial charge in [-0.15, -0.1) is 0 Å². The van der Waals surface area contributed by atoms with Crippen molar-refractivity contribution in [1.29, 1.82) is 0 Å². The Kier molecular flexibility index (Phi) is 4.33. The fourth-order valence-electron chi connectivity index (χ4n) is 4.23. The summed E-state index contributed by atoms with van der Waals surface area (Å²) < 4.78 is 13.7. The molecule has 0 unspecified atom stereocenters. The van der Waals surface area contributed by atoms with Crippen molar-refractivity contribution in [3.63, 3.8) is 0 Å². The van der Waals surface area contributed by atoms with Gasteiger partial charge in [-0.1, -0.05) is 12.1 Å². The van der Waals surface area contributed by atoms with Crippen molar-refractivity contribution in [1.82, 2.24) is 19.5 Å². The fraction of sp³-hybridized carbons (Fsp3) is 0.476. The van der Waals surface area contributed by atoms with Crippen LogP contribution in [0.2, 0.25) is 0 Å². The van der Waals surface area contributed by atoms with Crippen LogP contribution in [0.4, 0.5) is 11.8 Å². The second kappa shape index (κ2) is 6.82. The molecule has 0 radical (unpaired) electrons. The molecule has 158 valence electrons. The Labute approximate surface area is 174 Å². The molecule has 2 atom stereocenters. The molecule has 2 aliphatic heterocycles. The molecule has 4 heterocycles. The van der Waals surface area contributed by atoms with E-state index in [0.717, 1.165) is 11.0 Å². The summed E-state index contributed by atoms with van der Waals surface area (Å²) in [6.07, 6.45) is 0. The van der Waals surface area contributed by atoms with Crippen LogP contribution in [-0.2, 0) is 10.3 Å². The van der Waals surface area contributed by atoms with Crippen LogP contribution in [-0.4, -0.2) is 63.6 Å². The molecule has 3 aromatic rings. The monoisotopic (exact) mass is 410 g/mol. The quantitative estimate of drug-likeness (QED) is 0.677. The molecule has 0 spiro atoms. The van der Waals surface area contributed by atoms with E-state index in [1.54, 1.807) is 13.8 Å². The first-order chi connectivity index (χ1) is 14.4. The topological polar surface area (TPSA) is 97.6 Å². The Morgan fingerprint density at radius 1 is 1.13 bits per heavy atom. The lowest BCUT2D eigenvalue weighted by atomic mass is 10.0. The van der Waals surface area contributed by atoms with E-state index in [4.69, 9.17) is 19.4 Å². The van der Waals surface area contributed by atoms with E-state index in [1.165, 1.54) is 0 Å². The lowest BCUT2D eigenvalue weighted by Gasteiger charge is -2.45. The van der Waals surface area contributed by atoms with Crippen molar-refractivity contribution in [2.24, 2.45) is 0 Å². The summed E-state index contributed by atoms with van der Waals surface area (Å²) >= 11 is 0. The molecule has 2 aliphatic rings. The van der Waals surface area contributed by atoms with Gasteiger partial charge in [0, 0.05) is 7.05 Å². The Morgan fingerprint density at radius 3 is 2.70 bits per heavy atom. The van der Waals surface area contributed by atoms with Gasteiger partial charge in [0.25, 0.3) is 0 Å². The number of benzene rings is 1. The molecular weight excluding hydrogens is 384 g/mol. The number of anilines is 2. The number of nitrogens with one attached hydrogen (secondary N) is 1. The molecule has 5 rings (SSSR count). The zero-order valence-corrected chi connectivity index (χ0v) is 17.6. The molecule has 1 fully saturated rings.